The maximum Gasteiger partial charge on any atom is 0.331 e. The van der Waals surface area contributed by atoms with Gasteiger partial charge in [-0.2, -0.15) is 9.97 Å². The average Bonchev–Trinajstić information content (AvgIpc) is 3.10. The van der Waals surface area contributed by atoms with Crippen molar-refractivity contribution < 1.29 is 18.9 Å². The summed E-state index contributed by atoms with van der Waals surface area (Å²) >= 11 is 6.31. The predicted molar refractivity (Wildman–Crippen MR) is 149 cm³/mol. The van der Waals surface area contributed by atoms with Gasteiger partial charge in [0.15, 0.2) is 0 Å². The second kappa shape index (κ2) is 10.8. The van der Waals surface area contributed by atoms with Crippen molar-refractivity contribution in [1.82, 2.24) is 19.8 Å². The van der Waals surface area contributed by atoms with Crippen LogP contribution in [0.5, 0.6) is 0 Å². The molecule has 0 spiro atoms. The summed E-state index contributed by atoms with van der Waals surface area (Å²) in [5.74, 6) is -0.924. The van der Waals surface area contributed by atoms with Crippen LogP contribution in [-0.4, -0.2) is 64.6 Å². The number of amides is 1. The lowest BCUT2D eigenvalue weighted by molar-refractivity contribution is -0.487. The molecule has 0 radical (unpaired) electrons. The molecule has 4 aromatic rings. The van der Waals surface area contributed by atoms with Crippen LogP contribution in [0, 0.1) is 11.6 Å². The van der Waals surface area contributed by atoms with Gasteiger partial charge in [0, 0.05) is 71.8 Å². The number of nitrogens with zero attached hydrogens (tertiary/aromatic N) is 5. The standard InChI is InChI=1S/C30H25ClF2N6O/c1-38-11-13-39(14-12-38)29(40)18-5-8-21(9-6-18)36-30-35-17-19-16-34-28(26-24(32)3-2-4-25(26)33)23-15-20(31)7-10-22(23)27(19)37-30/h2-10,15,17H,11-14,16H2,1H3,(H,35,36,37)/p+1. The summed E-state index contributed by atoms with van der Waals surface area (Å²) in [6, 6.07) is 16.3. The lowest BCUT2D eigenvalue weighted by Crippen LogP contribution is -2.72. The van der Waals surface area contributed by atoms with E-state index in [0.717, 1.165) is 24.3 Å². The van der Waals surface area contributed by atoms with Gasteiger partial charge < -0.3 is 9.80 Å². The third-order valence-corrected chi connectivity index (χ3v) is 7.46. The Labute approximate surface area is 235 Å². The van der Waals surface area contributed by atoms with E-state index >= 15 is 0 Å². The lowest BCUT2D eigenvalue weighted by Gasteiger charge is -2.32. The van der Waals surface area contributed by atoms with Crippen LogP contribution in [0.1, 0.15) is 27.0 Å². The fraction of sp³-hybridized carbons (Fsp3) is 0.200. The normalized spacial score (nSPS) is 15.2. The number of likely N-dealkylation sites (N-methyl/N-ethyl adjacent to an activating group) is 1. The molecule has 2 aliphatic heterocycles. The van der Waals surface area contributed by atoms with Crippen molar-refractivity contribution in [3.05, 3.63) is 106 Å². The Morgan fingerprint density at radius 2 is 1.68 bits per heavy atom. The summed E-state index contributed by atoms with van der Waals surface area (Å²) in [4.78, 5) is 30.8. The number of aliphatic imine (C=N–C) groups is 1. The number of piperazine rings is 1. The molecule has 1 saturated heterocycles. The molecule has 0 bridgehead atoms. The van der Waals surface area contributed by atoms with Crippen LogP contribution in [0.2, 0.25) is 5.02 Å². The van der Waals surface area contributed by atoms with Gasteiger partial charge in [-0.05, 0) is 43.4 Å². The number of benzene rings is 3. The van der Waals surface area contributed by atoms with E-state index in [2.05, 4.69) is 21.9 Å². The molecule has 3 heterocycles. The first kappa shape index (κ1) is 26.2. The molecule has 6 rings (SSSR count). The topological polar surface area (TPSA) is 78.3 Å². The van der Waals surface area contributed by atoms with E-state index < -0.39 is 11.6 Å². The summed E-state index contributed by atoms with van der Waals surface area (Å²) in [6.07, 6.45) is 1.68. The summed E-state index contributed by atoms with van der Waals surface area (Å²) in [5, 5.41) is 2.24. The maximum absolute atomic E-state index is 14.8. The highest BCUT2D eigenvalue weighted by atomic mass is 35.5. The number of carbonyl (C=O) groups excluding carboxylic acids is 1. The zero-order chi connectivity index (χ0) is 27.8. The van der Waals surface area contributed by atoms with E-state index in [1.165, 1.54) is 18.2 Å². The minimum absolute atomic E-state index is 0.0262. The van der Waals surface area contributed by atoms with Crippen molar-refractivity contribution in [2.75, 3.05) is 33.2 Å². The fourth-order valence-electron chi connectivity index (χ4n) is 5.01. The molecule has 0 aliphatic carbocycles. The Morgan fingerprint density at radius 1 is 0.950 bits per heavy atom. The van der Waals surface area contributed by atoms with Gasteiger partial charge >= 0.3 is 5.95 Å². The molecule has 1 fully saturated rings. The summed E-state index contributed by atoms with van der Waals surface area (Å²) in [6.45, 7) is 3.31. The molecule has 0 unspecified atom stereocenters. The van der Waals surface area contributed by atoms with Crippen molar-refractivity contribution >= 4 is 34.9 Å². The van der Waals surface area contributed by atoms with Gasteiger partial charge in [0.1, 0.15) is 17.3 Å². The van der Waals surface area contributed by atoms with Gasteiger partial charge in [-0.15, -0.1) is 0 Å². The number of carbonyl (C=O) groups is 1. The first-order chi connectivity index (χ1) is 19.4. The summed E-state index contributed by atoms with van der Waals surface area (Å²) < 4.78 is 29.6. The molecule has 0 saturated carbocycles. The van der Waals surface area contributed by atoms with Gasteiger partial charge in [0.2, 0.25) is 0 Å². The van der Waals surface area contributed by atoms with Crippen molar-refractivity contribution in [2.45, 2.75) is 6.54 Å². The number of halogens is 3. The zero-order valence-electron chi connectivity index (χ0n) is 21.7. The Morgan fingerprint density at radius 3 is 2.40 bits per heavy atom. The highest BCUT2D eigenvalue weighted by Crippen LogP contribution is 2.34. The van der Waals surface area contributed by atoms with Crippen LogP contribution >= 0.6 is 11.6 Å². The number of hydrogen-bond acceptors (Lipinski definition) is 5. The molecule has 40 heavy (non-hydrogen) atoms. The third kappa shape index (κ3) is 5.11. The Bertz CT molecular complexity index is 1610. The van der Waals surface area contributed by atoms with Crippen molar-refractivity contribution in [2.24, 2.45) is 4.99 Å². The minimum Gasteiger partial charge on any atom is -0.336 e. The average molecular weight is 560 g/mol. The van der Waals surface area contributed by atoms with Crippen molar-refractivity contribution in [3.63, 3.8) is 0 Å². The van der Waals surface area contributed by atoms with Crippen LogP contribution in [0.4, 0.5) is 20.4 Å². The number of nitrogens with two attached hydrogens (primary N) is 1. The van der Waals surface area contributed by atoms with E-state index in [4.69, 9.17) is 16.6 Å². The Balaban J connectivity index is 1.29. The molecular formula is C30H26ClF2N6O+. The van der Waals surface area contributed by atoms with Crippen molar-refractivity contribution in [1.29, 1.82) is 0 Å². The monoisotopic (exact) mass is 559 g/mol. The summed E-state index contributed by atoms with van der Waals surface area (Å²) in [7, 11) is 2.06. The largest absolute Gasteiger partial charge is 0.336 e. The highest BCUT2D eigenvalue weighted by Gasteiger charge is 2.26. The molecule has 7 nitrogen and oxygen atoms in total. The highest BCUT2D eigenvalue weighted by molar-refractivity contribution is 6.31. The number of quaternary nitrogens is 1. The molecule has 2 N–H and O–H groups in total. The molecule has 10 heteroatoms. The minimum atomic E-state index is -0.703. The van der Waals surface area contributed by atoms with Gasteiger partial charge in [-0.3, -0.25) is 9.79 Å². The maximum atomic E-state index is 14.8. The SMILES string of the molecule is CN1CCN(C(=O)c2ccc([NH2+]c3ncc4c(n3)-c3ccc(Cl)cc3C(c3c(F)cccc3F)=NC4)cc2)CC1. The first-order valence-corrected chi connectivity index (χ1v) is 13.3. The zero-order valence-corrected chi connectivity index (χ0v) is 22.5. The number of aromatic nitrogens is 2. The van der Waals surface area contributed by atoms with Crippen LogP contribution in [-0.2, 0) is 6.54 Å². The Kier molecular flexibility index (Phi) is 7.10. The molecule has 3 aromatic carbocycles. The molecule has 1 aromatic heterocycles. The van der Waals surface area contributed by atoms with E-state index in [0.29, 0.717) is 46.4 Å². The second-order valence-electron chi connectivity index (χ2n) is 9.92. The van der Waals surface area contributed by atoms with Gasteiger partial charge in [0.05, 0.1) is 23.5 Å². The van der Waals surface area contributed by atoms with Crippen LogP contribution in [0.15, 0.2) is 71.9 Å². The van der Waals surface area contributed by atoms with Gasteiger partial charge in [0.25, 0.3) is 5.91 Å². The van der Waals surface area contributed by atoms with E-state index in [1.54, 1.807) is 24.4 Å². The van der Waals surface area contributed by atoms with E-state index in [-0.39, 0.29) is 23.7 Å². The lowest BCUT2D eigenvalue weighted by atomic mass is 9.95. The van der Waals surface area contributed by atoms with E-state index in [1.807, 2.05) is 34.5 Å². The fourth-order valence-corrected chi connectivity index (χ4v) is 5.18. The number of fused-ring (bicyclic) bond motifs is 3. The first-order valence-electron chi connectivity index (χ1n) is 12.9. The predicted octanol–water partition coefficient (Wildman–Crippen LogP) is 4.34. The van der Waals surface area contributed by atoms with Crippen LogP contribution in [0.25, 0.3) is 11.3 Å². The van der Waals surface area contributed by atoms with Crippen molar-refractivity contribution in [3.8, 4) is 11.3 Å². The molecule has 0 atom stereocenters. The third-order valence-electron chi connectivity index (χ3n) is 7.23. The summed E-state index contributed by atoms with van der Waals surface area (Å²) in [5.41, 5.74) is 3.94. The van der Waals surface area contributed by atoms with Crippen LogP contribution < -0.4 is 5.32 Å². The smallest absolute Gasteiger partial charge is 0.331 e. The molecule has 1 amide bonds. The number of hydrogen-bond donors (Lipinski definition) is 1. The number of rotatable bonds is 4. The molecule has 202 valence electrons. The quantitative estimate of drug-likeness (QED) is 0.377. The molecular weight excluding hydrogens is 534 g/mol. The second-order valence-corrected chi connectivity index (χ2v) is 10.4. The Hall–Kier alpha value is -4.05. The van der Waals surface area contributed by atoms with E-state index in [9.17, 15) is 13.6 Å². The van der Waals surface area contributed by atoms with Gasteiger partial charge in [-0.1, -0.05) is 23.7 Å². The van der Waals surface area contributed by atoms with Gasteiger partial charge in [-0.25, -0.2) is 14.1 Å². The van der Waals surface area contributed by atoms with Crippen LogP contribution in [0.3, 0.4) is 0 Å². The molecule has 2 aliphatic rings.